The van der Waals surface area contributed by atoms with E-state index in [2.05, 4.69) is 43.1 Å². The maximum Gasteiger partial charge on any atom is 0.237 e. The van der Waals surface area contributed by atoms with E-state index in [0.29, 0.717) is 11.8 Å². The molecule has 1 atom stereocenters. The Morgan fingerprint density at radius 2 is 1.72 bits per heavy atom. The van der Waals surface area contributed by atoms with E-state index in [-0.39, 0.29) is 11.5 Å². The number of benzene rings is 1. The molecule has 18 heavy (non-hydrogen) atoms. The largest absolute Gasteiger partial charge is 0.424 e. The highest BCUT2D eigenvalue weighted by Gasteiger charge is 2.17. The van der Waals surface area contributed by atoms with Gasteiger partial charge in [0.15, 0.2) is 0 Å². The van der Waals surface area contributed by atoms with Crippen molar-refractivity contribution in [3.63, 3.8) is 0 Å². The van der Waals surface area contributed by atoms with Crippen LogP contribution < -0.4 is 5.73 Å². The maximum absolute atomic E-state index is 6.09. The number of hydrogen-bond donors (Lipinski definition) is 1. The molecule has 1 aromatic heterocycles. The second-order valence-corrected chi connectivity index (χ2v) is 5.51. The van der Waals surface area contributed by atoms with Crippen molar-refractivity contribution in [3.05, 3.63) is 47.2 Å². The van der Waals surface area contributed by atoms with E-state index < -0.39 is 0 Å². The lowest BCUT2D eigenvalue weighted by molar-refractivity contribution is 0.450. The van der Waals surface area contributed by atoms with Gasteiger partial charge in [0, 0.05) is 6.92 Å². The molecule has 0 radical (unpaired) electrons. The van der Waals surface area contributed by atoms with Crippen LogP contribution in [-0.2, 0) is 5.41 Å². The minimum Gasteiger partial charge on any atom is -0.424 e. The van der Waals surface area contributed by atoms with E-state index in [4.69, 9.17) is 10.2 Å². The Labute approximate surface area is 107 Å². The molecule has 0 bridgehead atoms. The number of hydrogen-bond acceptors (Lipinski definition) is 4. The minimum absolute atomic E-state index is 0.143. The van der Waals surface area contributed by atoms with Crippen LogP contribution in [0.5, 0.6) is 0 Å². The molecule has 1 unspecified atom stereocenters. The van der Waals surface area contributed by atoms with E-state index in [1.807, 2.05) is 12.1 Å². The fourth-order valence-electron chi connectivity index (χ4n) is 1.77. The molecule has 0 saturated heterocycles. The summed E-state index contributed by atoms with van der Waals surface area (Å²) < 4.78 is 5.35. The minimum atomic E-state index is -0.361. The third kappa shape index (κ3) is 2.59. The molecular weight excluding hydrogens is 226 g/mol. The lowest BCUT2D eigenvalue weighted by atomic mass is 9.86. The summed E-state index contributed by atoms with van der Waals surface area (Å²) in [6.07, 6.45) is 0. The van der Waals surface area contributed by atoms with Gasteiger partial charge in [-0.1, -0.05) is 45.0 Å². The molecule has 4 nitrogen and oxygen atoms in total. The first-order valence-electron chi connectivity index (χ1n) is 6.04. The smallest absolute Gasteiger partial charge is 0.237 e. The summed E-state index contributed by atoms with van der Waals surface area (Å²) in [6.45, 7) is 8.31. The van der Waals surface area contributed by atoms with Crippen LogP contribution in [0.1, 0.15) is 49.7 Å². The summed E-state index contributed by atoms with van der Waals surface area (Å²) in [5.41, 5.74) is 8.49. The van der Waals surface area contributed by atoms with Crippen LogP contribution in [0.25, 0.3) is 0 Å². The average Bonchev–Trinajstić information content (AvgIpc) is 2.74. The van der Waals surface area contributed by atoms with Crippen molar-refractivity contribution in [2.24, 2.45) is 5.73 Å². The maximum atomic E-state index is 6.09. The summed E-state index contributed by atoms with van der Waals surface area (Å²) in [5, 5.41) is 7.74. The van der Waals surface area contributed by atoms with Gasteiger partial charge in [0.2, 0.25) is 11.8 Å². The standard InChI is InChI=1S/C14H19N3O/c1-9-16-17-13(18-9)12(15)10-5-7-11(8-6-10)14(2,3)4/h5-8,12H,15H2,1-4H3. The van der Waals surface area contributed by atoms with Gasteiger partial charge >= 0.3 is 0 Å². The molecule has 2 rings (SSSR count). The van der Waals surface area contributed by atoms with E-state index >= 15 is 0 Å². The van der Waals surface area contributed by atoms with Gasteiger partial charge < -0.3 is 10.2 Å². The van der Waals surface area contributed by atoms with Crippen LogP contribution in [0, 0.1) is 6.92 Å². The second-order valence-electron chi connectivity index (χ2n) is 5.51. The predicted molar refractivity (Wildman–Crippen MR) is 70.2 cm³/mol. The zero-order valence-corrected chi connectivity index (χ0v) is 11.3. The van der Waals surface area contributed by atoms with Crippen molar-refractivity contribution in [3.8, 4) is 0 Å². The van der Waals surface area contributed by atoms with Crippen molar-refractivity contribution in [1.82, 2.24) is 10.2 Å². The topological polar surface area (TPSA) is 64.9 Å². The molecule has 0 aliphatic rings. The molecular formula is C14H19N3O. The fraction of sp³-hybridized carbons (Fsp3) is 0.429. The number of aromatic nitrogens is 2. The fourth-order valence-corrected chi connectivity index (χ4v) is 1.77. The highest BCUT2D eigenvalue weighted by atomic mass is 16.4. The Morgan fingerprint density at radius 1 is 1.11 bits per heavy atom. The molecule has 2 N–H and O–H groups in total. The molecule has 2 aromatic rings. The highest BCUT2D eigenvalue weighted by molar-refractivity contribution is 5.30. The Morgan fingerprint density at radius 3 is 2.17 bits per heavy atom. The van der Waals surface area contributed by atoms with Crippen molar-refractivity contribution in [2.75, 3.05) is 0 Å². The Bertz CT molecular complexity index is 523. The van der Waals surface area contributed by atoms with Gasteiger partial charge in [-0.15, -0.1) is 10.2 Å². The van der Waals surface area contributed by atoms with Gasteiger partial charge in [-0.3, -0.25) is 0 Å². The first-order valence-corrected chi connectivity index (χ1v) is 6.04. The highest BCUT2D eigenvalue weighted by Crippen LogP contribution is 2.25. The summed E-state index contributed by atoms with van der Waals surface area (Å²) in [6, 6.07) is 7.87. The van der Waals surface area contributed by atoms with Gasteiger partial charge in [-0.2, -0.15) is 0 Å². The number of aryl methyl sites for hydroxylation is 1. The summed E-state index contributed by atoms with van der Waals surface area (Å²) in [7, 11) is 0. The first-order chi connectivity index (χ1) is 8.38. The monoisotopic (exact) mass is 245 g/mol. The van der Waals surface area contributed by atoms with Gasteiger partial charge in [0.25, 0.3) is 0 Å². The molecule has 1 heterocycles. The molecule has 0 amide bonds. The Balaban J connectivity index is 2.24. The van der Waals surface area contributed by atoms with E-state index in [0.717, 1.165) is 5.56 Å². The average molecular weight is 245 g/mol. The molecule has 96 valence electrons. The zero-order valence-electron chi connectivity index (χ0n) is 11.3. The molecule has 0 saturated carbocycles. The third-order valence-corrected chi connectivity index (χ3v) is 2.94. The van der Waals surface area contributed by atoms with Crippen LogP contribution in [0.3, 0.4) is 0 Å². The second kappa shape index (κ2) is 4.53. The van der Waals surface area contributed by atoms with Gasteiger partial charge in [-0.05, 0) is 16.5 Å². The van der Waals surface area contributed by atoms with Crippen LogP contribution in [0.2, 0.25) is 0 Å². The quantitative estimate of drug-likeness (QED) is 0.883. The van der Waals surface area contributed by atoms with Crippen molar-refractivity contribution < 1.29 is 4.42 Å². The normalized spacial score (nSPS) is 13.6. The Kier molecular flexibility index (Phi) is 3.22. The first kappa shape index (κ1) is 12.8. The van der Waals surface area contributed by atoms with E-state index in [1.54, 1.807) is 6.92 Å². The van der Waals surface area contributed by atoms with E-state index in [1.165, 1.54) is 5.56 Å². The molecule has 1 aromatic carbocycles. The van der Waals surface area contributed by atoms with Crippen LogP contribution in [-0.4, -0.2) is 10.2 Å². The van der Waals surface area contributed by atoms with E-state index in [9.17, 15) is 0 Å². The van der Waals surface area contributed by atoms with Crippen LogP contribution >= 0.6 is 0 Å². The summed E-state index contributed by atoms with van der Waals surface area (Å²) >= 11 is 0. The summed E-state index contributed by atoms with van der Waals surface area (Å²) in [4.78, 5) is 0. The lowest BCUT2D eigenvalue weighted by Gasteiger charge is -2.19. The molecule has 0 fully saturated rings. The predicted octanol–water partition coefficient (Wildman–Crippen LogP) is 2.72. The zero-order chi connectivity index (χ0) is 13.3. The third-order valence-electron chi connectivity index (χ3n) is 2.94. The molecule has 0 spiro atoms. The van der Waals surface area contributed by atoms with Gasteiger partial charge in [-0.25, -0.2) is 0 Å². The van der Waals surface area contributed by atoms with Crippen molar-refractivity contribution in [1.29, 1.82) is 0 Å². The Hall–Kier alpha value is -1.68. The van der Waals surface area contributed by atoms with Gasteiger partial charge in [0.05, 0.1) is 0 Å². The molecule has 4 heteroatoms. The number of nitrogens with zero attached hydrogens (tertiary/aromatic N) is 2. The molecule has 0 aliphatic carbocycles. The number of rotatable bonds is 2. The van der Waals surface area contributed by atoms with Crippen LogP contribution in [0.4, 0.5) is 0 Å². The lowest BCUT2D eigenvalue weighted by Crippen LogP contribution is -2.14. The summed E-state index contributed by atoms with van der Waals surface area (Å²) in [5.74, 6) is 0.989. The van der Waals surface area contributed by atoms with Gasteiger partial charge in [0.1, 0.15) is 6.04 Å². The molecule has 0 aliphatic heterocycles. The van der Waals surface area contributed by atoms with Crippen molar-refractivity contribution in [2.45, 2.75) is 39.2 Å². The number of nitrogens with two attached hydrogens (primary N) is 1. The van der Waals surface area contributed by atoms with Crippen molar-refractivity contribution >= 4 is 0 Å². The SMILES string of the molecule is Cc1nnc(C(N)c2ccc(C(C)(C)C)cc2)o1. The van der Waals surface area contributed by atoms with Crippen LogP contribution in [0.15, 0.2) is 28.7 Å².